The van der Waals surface area contributed by atoms with Crippen LogP contribution in [0.2, 0.25) is 0 Å². The van der Waals surface area contributed by atoms with Crippen molar-refractivity contribution in [1.29, 1.82) is 0 Å². The molecule has 0 aliphatic carbocycles. The Hall–Kier alpha value is -2.38. The third kappa shape index (κ3) is 2.00. The monoisotopic (exact) mass is 220 g/mol. The average Bonchev–Trinajstić information content (AvgIpc) is 2.39. The first kappa shape index (κ1) is 10.1. The molecular formula is C8H8N6O2. The van der Waals surface area contributed by atoms with E-state index in [1.807, 2.05) is 0 Å². The fourth-order valence-corrected chi connectivity index (χ4v) is 0.975. The highest BCUT2D eigenvalue weighted by molar-refractivity contribution is 5.42. The molecule has 0 saturated heterocycles. The van der Waals surface area contributed by atoms with Crippen LogP contribution in [0.4, 0.5) is 0 Å². The van der Waals surface area contributed by atoms with Crippen molar-refractivity contribution >= 4 is 0 Å². The Morgan fingerprint density at radius 2 is 1.38 bits per heavy atom. The molecule has 82 valence electrons. The minimum Gasteiger partial charge on any atom is -0.467 e. The van der Waals surface area contributed by atoms with Crippen LogP contribution in [0.1, 0.15) is 0 Å². The summed E-state index contributed by atoms with van der Waals surface area (Å²) < 4.78 is 9.81. The fraction of sp³-hybridized carbons (Fsp3) is 0.250. The molecule has 0 aliphatic rings. The molecule has 0 atom stereocenters. The molecule has 0 unspecified atom stereocenters. The van der Waals surface area contributed by atoms with Crippen LogP contribution in [0, 0.1) is 0 Å². The summed E-state index contributed by atoms with van der Waals surface area (Å²) in [6.45, 7) is 0. The molecule has 2 aromatic rings. The zero-order chi connectivity index (χ0) is 11.4. The van der Waals surface area contributed by atoms with Gasteiger partial charge >= 0.3 is 12.0 Å². The molecule has 0 saturated carbocycles. The van der Waals surface area contributed by atoms with E-state index in [2.05, 4.69) is 29.9 Å². The largest absolute Gasteiger partial charge is 0.467 e. The summed E-state index contributed by atoms with van der Waals surface area (Å²) in [6, 6.07) is 0.282. The minimum atomic E-state index is 0.141. The standard InChI is InChI=1S/C8H8N6O2/c1-15-7-12-6(13-8(14-7)16-2)5-10-3-9-4-11-5/h3-4H,1-2H3. The van der Waals surface area contributed by atoms with Gasteiger partial charge in [0.05, 0.1) is 14.2 Å². The van der Waals surface area contributed by atoms with Crippen molar-refractivity contribution in [3.8, 4) is 23.7 Å². The number of aromatic nitrogens is 6. The summed E-state index contributed by atoms with van der Waals surface area (Å²) in [5.41, 5.74) is 0. The molecule has 8 nitrogen and oxygen atoms in total. The lowest BCUT2D eigenvalue weighted by atomic mass is 10.5. The zero-order valence-corrected chi connectivity index (χ0v) is 8.65. The first-order valence-corrected chi connectivity index (χ1v) is 4.30. The first-order chi connectivity index (χ1) is 7.83. The van der Waals surface area contributed by atoms with Crippen molar-refractivity contribution in [1.82, 2.24) is 29.9 Å². The first-order valence-electron chi connectivity index (χ1n) is 4.30. The number of methoxy groups -OCH3 is 2. The van der Waals surface area contributed by atoms with Crippen molar-refractivity contribution in [3.63, 3.8) is 0 Å². The lowest BCUT2D eigenvalue weighted by Crippen LogP contribution is -2.02. The normalized spacial score (nSPS) is 9.88. The van der Waals surface area contributed by atoms with E-state index in [9.17, 15) is 0 Å². The number of hydrogen-bond acceptors (Lipinski definition) is 8. The molecule has 0 spiro atoms. The lowest BCUT2D eigenvalue weighted by molar-refractivity contribution is 0.341. The molecule has 0 aromatic carbocycles. The Morgan fingerprint density at radius 3 is 1.88 bits per heavy atom. The maximum Gasteiger partial charge on any atom is 0.323 e. The Balaban J connectivity index is 2.48. The molecule has 2 aromatic heterocycles. The molecule has 0 amide bonds. The lowest BCUT2D eigenvalue weighted by Gasteiger charge is -2.03. The SMILES string of the molecule is COc1nc(OC)nc(-c2ncncn2)n1. The molecule has 2 heterocycles. The van der Waals surface area contributed by atoms with Crippen LogP contribution in [-0.4, -0.2) is 44.1 Å². The summed E-state index contributed by atoms with van der Waals surface area (Å²) in [6.07, 6.45) is 2.70. The van der Waals surface area contributed by atoms with Gasteiger partial charge < -0.3 is 9.47 Å². The summed E-state index contributed by atoms with van der Waals surface area (Å²) in [7, 11) is 2.90. The molecule has 16 heavy (non-hydrogen) atoms. The van der Waals surface area contributed by atoms with Gasteiger partial charge in [-0.15, -0.1) is 4.98 Å². The van der Waals surface area contributed by atoms with Gasteiger partial charge in [-0.25, -0.2) is 15.0 Å². The molecular weight excluding hydrogens is 212 g/mol. The van der Waals surface area contributed by atoms with Crippen LogP contribution in [0.25, 0.3) is 11.6 Å². The molecule has 2 rings (SSSR count). The predicted octanol–water partition coefficient (Wildman–Crippen LogP) is -0.259. The highest BCUT2D eigenvalue weighted by atomic mass is 16.5. The van der Waals surface area contributed by atoms with Crippen molar-refractivity contribution in [2.24, 2.45) is 0 Å². The smallest absolute Gasteiger partial charge is 0.323 e. The molecule has 0 N–H and O–H groups in total. The van der Waals surface area contributed by atoms with Gasteiger partial charge in [0.15, 0.2) is 0 Å². The van der Waals surface area contributed by atoms with Gasteiger partial charge in [-0.2, -0.15) is 9.97 Å². The van der Waals surface area contributed by atoms with Gasteiger partial charge in [0.2, 0.25) is 11.6 Å². The topological polar surface area (TPSA) is 95.8 Å². The number of rotatable bonds is 3. The van der Waals surface area contributed by atoms with Gasteiger partial charge in [-0.05, 0) is 0 Å². The van der Waals surface area contributed by atoms with Crippen molar-refractivity contribution < 1.29 is 9.47 Å². The molecule has 0 radical (unpaired) electrons. The predicted molar refractivity (Wildman–Crippen MR) is 51.8 cm³/mol. The summed E-state index contributed by atoms with van der Waals surface area (Å²) in [5.74, 6) is 0.597. The van der Waals surface area contributed by atoms with Crippen molar-refractivity contribution in [2.75, 3.05) is 14.2 Å². The maximum atomic E-state index is 4.91. The molecule has 0 bridgehead atoms. The number of nitrogens with zero attached hydrogens (tertiary/aromatic N) is 6. The third-order valence-corrected chi connectivity index (χ3v) is 1.65. The van der Waals surface area contributed by atoms with Gasteiger partial charge in [-0.1, -0.05) is 0 Å². The van der Waals surface area contributed by atoms with Crippen LogP contribution >= 0.6 is 0 Å². The van der Waals surface area contributed by atoms with Crippen molar-refractivity contribution in [3.05, 3.63) is 12.7 Å². The van der Waals surface area contributed by atoms with Crippen LogP contribution in [0.15, 0.2) is 12.7 Å². The molecule has 8 heteroatoms. The Morgan fingerprint density at radius 1 is 0.812 bits per heavy atom. The van der Waals surface area contributed by atoms with E-state index in [1.165, 1.54) is 26.9 Å². The highest BCUT2D eigenvalue weighted by Gasteiger charge is 2.10. The average molecular weight is 220 g/mol. The number of ether oxygens (including phenoxy) is 2. The summed E-state index contributed by atoms with van der Waals surface area (Å²) in [4.78, 5) is 23.4. The second kappa shape index (κ2) is 4.43. The quantitative estimate of drug-likeness (QED) is 0.698. The van der Waals surface area contributed by atoms with Gasteiger partial charge in [0, 0.05) is 0 Å². The Kier molecular flexibility index (Phi) is 2.81. The van der Waals surface area contributed by atoms with Gasteiger partial charge in [0.25, 0.3) is 0 Å². The number of hydrogen-bond donors (Lipinski definition) is 0. The van der Waals surface area contributed by atoms with Gasteiger partial charge in [-0.3, -0.25) is 0 Å². The zero-order valence-electron chi connectivity index (χ0n) is 8.65. The van der Waals surface area contributed by atoms with E-state index in [-0.39, 0.29) is 17.8 Å². The van der Waals surface area contributed by atoms with E-state index in [0.29, 0.717) is 5.82 Å². The highest BCUT2D eigenvalue weighted by Crippen LogP contribution is 2.14. The molecule has 0 fully saturated rings. The second-order valence-electron chi connectivity index (χ2n) is 2.59. The Labute approximate surface area is 90.8 Å². The van der Waals surface area contributed by atoms with E-state index in [0.717, 1.165) is 0 Å². The van der Waals surface area contributed by atoms with Crippen LogP contribution < -0.4 is 9.47 Å². The fourth-order valence-electron chi connectivity index (χ4n) is 0.975. The van der Waals surface area contributed by atoms with E-state index < -0.39 is 0 Å². The molecule has 0 aliphatic heterocycles. The van der Waals surface area contributed by atoms with Crippen molar-refractivity contribution in [2.45, 2.75) is 0 Å². The third-order valence-electron chi connectivity index (χ3n) is 1.65. The Bertz CT molecular complexity index is 455. The van der Waals surface area contributed by atoms with E-state index >= 15 is 0 Å². The van der Waals surface area contributed by atoms with E-state index in [4.69, 9.17) is 9.47 Å². The van der Waals surface area contributed by atoms with Crippen LogP contribution in [0.5, 0.6) is 12.0 Å². The maximum absolute atomic E-state index is 4.91. The summed E-state index contributed by atoms with van der Waals surface area (Å²) in [5, 5.41) is 0. The van der Waals surface area contributed by atoms with Crippen LogP contribution in [0.3, 0.4) is 0 Å². The summed E-state index contributed by atoms with van der Waals surface area (Å²) >= 11 is 0. The van der Waals surface area contributed by atoms with E-state index in [1.54, 1.807) is 0 Å². The minimum absolute atomic E-state index is 0.141. The van der Waals surface area contributed by atoms with Crippen LogP contribution in [-0.2, 0) is 0 Å². The van der Waals surface area contributed by atoms with Gasteiger partial charge in [0.1, 0.15) is 12.7 Å². The second-order valence-corrected chi connectivity index (χ2v) is 2.59.